The van der Waals surface area contributed by atoms with Crippen LogP contribution in [0.25, 0.3) is 0 Å². The maximum absolute atomic E-state index is 12.5. The Hall–Kier alpha value is -0.430. The molecule has 118 valence electrons. The average molecular weight is 375 g/mol. The molecule has 2 N–H and O–H groups in total. The molecule has 0 radical (unpaired) electrons. The van der Waals surface area contributed by atoms with Crippen molar-refractivity contribution in [1.29, 1.82) is 0 Å². The molecule has 1 fully saturated rings. The van der Waals surface area contributed by atoms with Crippen LogP contribution in [0, 0.1) is 5.92 Å². The number of sulfonamides is 1. The normalized spacial score (nSPS) is 23.2. The smallest absolute Gasteiger partial charge is 0.241 e. The van der Waals surface area contributed by atoms with Crippen LogP contribution in [0.2, 0.25) is 0 Å². The van der Waals surface area contributed by atoms with Crippen molar-refractivity contribution in [2.75, 3.05) is 7.05 Å². The van der Waals surface area contributed by atoms with E-state index in [0.717, 1.165) is 31.2 Å². The van der Waals surface area contributed by atoms with Gasteiger partial charge in [-0.1, -0.05) is 13.0 Å². The monoisotopic (exact) mass is 374 g/mol. The third-order valence-corrected chi connectivity index (χ3v) is 6.50. The molecule has 6 heteroatoms. The number of rotatable bonds is 5. The summed E-state index contributed by atoms with van der Waals surface area (Å²) in [5.41, 5.74) is 1.05. The first-order valence-electron chi connectivity index (χ1n) is 7.37. The van der Waals surface area contributed by atoms with E-state index in [-0.39, 0.29) is 6.04 Å². The molecule has 0 aromatic heterocycles. The van der Waals surface area contributed by atoms with Crippen LogP contribution in [-0.4, -0.2) is 21.5 Å². The largest absolute Gasteiger partial charge is 0.316 e. The summed E-state index contributed by atoms with van der Waals surface area (Å²) in [5.74, 6) is 0.707. The van der Waals surface area contributed by atoms with Crippen molar-refractivity contribution in [2.24, 2.45) is 5.92 Å². The van der Waals surface area contributed by atoms with Gasteiger partial charge < -0.3 is 5.32 Å². The molecule has 1 aliphatic rings. The number of benzene rings is 1. The van der Waals surface area contributed by atoms with E-state index >= 15 is 0 Å². The van der Waals surface area contributed by atoms with Gasteiger partial charge in [-0.15, -0.1) is 0 Å². The molecule has 1 aliphatic carbocycles. The molecule has 0 unspecified atom stereocenters. The lowest BCUT2D eigenvalue weighted by atomic mass is 9.88. The maximum Gasteiger partial charge on any atom is 0.241 e. The summed E-state index contributed by atoms with van der Waals surface area (Å²) in [7, 11) is -1.59. The van der Waals surface area contributed by atoms with Gasteiger partial charge in [0.05, 0.1) is 4.90 Å². The highest BCUT2D eigenvalue weighted by atomic mass is 79.9. The maximum atomic E-state index is 12.5. The second-order valence-corrected chi connectivity index (χ2v) is 8.41. The van der Waals surface area contributed by atoms with Crippen LogP contribution in [0.3, 0.4) is 0 Å². The number of hydrogen-bond donors (Lipinski definition) is 2. The molecule has 0 atom stereocenters. The molecular weight excluding hydrogens is 352 g/mol. The molecule has 1 saturated carbocycles. The average Bonchev–Trinajstić information content (AvgIpc) is 2.41. The quantitative estimate of drug-likeness (QED) is 0.832. The van der Waals surface area contributed by atoms with Crippen molar-refractivity contribution in [3.05, 3.63) is 28.2 Å². The molecule has 0 saturated heterocycles. The van der Waals surface area contributed by atoms with Gasteiger partial charge >= 0.3 is 0 Å². The van der Waals surface area contributed by atoms with Gasteiger partial charge in [-0.2, -0.15) is 0 Å². The number of halogens is 1. The van der Waals surface area contributed by atoms with E-state index in [0.29, 0.717) is 21.8 Å². The molecule has 0 spiro atoms. The van der Waals surface area contributed by atoms with Crippen molar-refractivity contribution in [2.45, 2.75) is 50.1 Å². The lowest BCUT2D eigenvalue weighted by Gasteiger charge is -2.26. The molecule has 0 heterocycles. The summed E-state index contributed by atoms with van der Waals surface area (Å²) >= 11 is 3.38. The van der Waals surface area contributed by atoms with E-state index in [1.807, 2.05) is 19.2 Å². The van der Waals surface area contributed by atoms with E-state index in [9.17, 15) is 8.42 Å². The van der Waals surface area contributed by atoms with Gasteiger partial charge in [0.15, 0.2) is 0 Å². The zero-order valence-electron chi connectivity index (χ0n) is 12.5. The van der Waals surface area contributed by atoms with Crippen LogP contribution in [0.4, 0.5) is 0 Å². The Balaban J connectivity index is 2.12. The minimum Gasteiger partial charge on any atom is -0.316 e. The van der Waals surface area contributed by atoms with E-state index in [4.69, 9.17) is 0 Å². The number of hydrogen-bond acceptors (Lipinski definition) is 3. The molecule has 1 aromatic rings. The Bertz CT molecular complexity index is 581. The van der Waals surface area contributed by atoms with E-state index < -0.39 is 10.0 Å². The summed E-state index contributed by atoms with van der Waals surface area (Å²) in [6.07, 6.45) is 4.04. The van der Waals surface area contributed by atoms with Gasteiger partial charge in [-0.3, -0.25) is 0 Å². The first-order chi connectivity index (χ1) is 9.92. The van der Waals surface area contributed by atoms with Gasteiger partial charge in [0, 0.05) is 17.1 Å². The summed E-state index contributed by atoms with van der Waals surface area (Å²) in [5, 5.41) is 3.05. The van der Waals surface area contributed by atoms with Crippen molar-refractivity contribution in [3.8, 4) is 0 Å². The van der Waals surface area contributed by atoms with E-state index in [1.165, 1.54) is 0 Å². The first kappa shape index (κ1) is 16.9. The van der Waals surface area contributed by atoms with Crippen molar-refractivity contribution in [1.82, 2.24) is 10.0 Å². The fourth-order valence-electron chi connectivity index (χ4n) is 2.74. The Kier molecular flexibility index (Phi) is 5.82. The van der Waals surface area contributed by atoms with Crippen LogP contribution in [0.5, 0.6) is 0 Å². The lowest BCUT2D eigenvalue weighted by molar-refractivity contribution is 0.332. The van der Waals surface area contributed by atoms with Gasteiger partial charge in [-0.25, -0.2) is 13.1 Å². The van der Waals surface area contributed by atoms with Crippen molar-refractivity contribution in [3.63, 3.8) is 0 Å². The second-order valence-electron chi connectivity index (χ2n) is 5.87. The third-order valence-electron chi connectivity index (χ3n) is 4.00. The Morgan fingerprint density at radius 2 is 1.90 bits per heavy atom. The fraction of sp³-hybridized carbons (Fsp3) is 0.600. The van der Waals surface area contributed by atoms with Gasteiger partial charge in [-0.05, 0) is 72.3 Å². The predicted molar refractivity (Wildman–Crippen MR) is 88.6 cm³/mol. The van der Waals surface area contributed by atoms with Gasteiger partial charge in [0.25, 0.3) is 0 Å². The minimum atomic E-state index is -3.46. The van der Waals surface area contributed by atoms with Crippen LogP contribution >= 0.6 is 15.9 Å². The summed E-state index contributed by atoms with van der Waals surface area (Å²) in [4.78, 5) is 0.320. The topological polar surface area (TPSA) is 58.2 Å². The van der Waals surface area contributed by atoms with E-state index in [1.54, 1.807) is 6.07 Å². The Morgan fingerprint density at radius 1 is 1.24 bits per heavy atom. The van der Waals surface area contributed by atoms with Crippen LogP contribution in [0.15, 0.2) is 27.6 Å². The van der Waals surface area contributed by atoms with E-state index in [2.05, 4.69) is 32.9 Å². The summed E-state index contributed by atoms with van der Waals surface area (Å²) in [6, 6.07) is 5.44. The molecular formula is C15H23BrN2O2S. The SMILES string of the molecule is CNCc1ccc(S(=O)(=O)NC2CCC(C)CC2)c(Br)c1. The first-order valence-corrected chi connectivity index (χ1v) is 9.65. The highest BCUT2D eigenvalue weighted by Crippen LogP contribution is 2.27. The van der Waals surface area contributed by atoms with Gasteiger partial charge in [0.2, 0.25) is 10.0 Å². The molecule has 1 aromatic carbocycles. The molecule has 21 heavy (non-hydrogen) atoms. The minimum absolute atomic E-state index is 0.0649. The molecule has 0 bridgehead atoms. The molecule has 4 nitrogen and oxygen atoms in total. The summed E-state index contributed by atoms with van der Waals surface area (Å²) in [6.45, 7) is 2.94. The van der Waals surface area contributed by atoms with Gasteiger partial charge in [0.1, 0.15) is 0 Å². The molecule has 0 aliphatic heterocycles. The summed E-state index contributed by atoms with van der Waals surface area (Å²) < 4.78 is 28.5. The fourth-order valence-corrected chi connectivity index (χ4v) is 5.17. The molecule has 0 amide bonds. The zero-order chi connectivity index (χ0) is 15.5. The van der Waals surface area contributed by atoms with Crippen LogP contribution < -0.4 is 10.0 Å². The van der Waals surface area contributed by atoms with Crippen molar-refractivity contribution >= 4 is 26.0 Å². The standard InChI is InChI=1S/C15H23BrN2O2S/c1-11-3-6-13(7-4-11)18-21(19,20)15-8-5-12(10-17-2)9-14(15)16/h5,8-9,11,13,17-18H,3-4,6-7,10H2,1-2H3. The van der Waals surface area contributed by atoms with Crippen LogP contribution in [0.1, 0.15) is 38.2 Å². The highest BCUT2D eigenvalue weighted by molar-refractivity contribution is 9.10. The second kappa shape index (κ2) is 7.22. The highest BCUT2D eigenvalue weighted by Gasteiger charge is 2.25. The zero-order valence-corrected chi connectivity index (χ0v) is 14.9. The van der Waals surface area contributed by atoms with Crippen molar-refractivity contribution < 1.29 is 8.42 Å². The lowest BCUT2D eigenvalue weighted by Crippen LogP contribution is -2.37. The Labute approximate surface area is 135 Å². The van der Waals surface area contributed by atoms with Crippen LogP contribution in [-0.2, 0) is 16.6 Å². The Morgan fingerprint density at radius 3 is 2.48 bits per heavy atom. The number of nitrogens with one attached hydrogen (secondary N) is 2. The predicted octanol–water partition coefficient (Wildman–Crippen LogP) is 3.03. The molecule has 2 rings (SSSR count). The third kappa shape index (κ3) is 4.52.